The number of carboxylic acid groups (broad SMARTS) is 1. The Morgan fingerprint density at radius 3 is 2.48 bits per heavy atom. The number of halogens is 1. The highest BCUT2D eigenvalue weighted by Gasteiger charge is 2.40. The van der Waals surface area contributed by atoms with Crippen LogP contribution in [-0.4, -0.2) is 35.1 Å². The number of fused-ring (bicyclic) bond motifs is 1. The van der Waals surface area contributed by atoms with Crippen molar-refractivity contribution >= 4 is 34.4 Å². The van der Waals surface area contributed by atoms with Gasteiger partial charge in [-0.1, -0.05) is 41.9 Å². The van der Waals surface area contributed by atoms with Crippen LogP contribution in [0.5, 0.6) is 0 Å². The summed E-state index contributed by atoms with van der Waals surface area (Å²) in [5.41, 5.74) is 0.354. The van der Waals surface area contributed by atoms with Crippen LogP contribution in [0.15, 0.2) is 53.3 Å². The molecule has 2 aromatic carbocycles. The zero-order valence-electron chi connectivity index (χ0n) is 16.7. The van der Waals surface area contributed by atoms with Crippen molar-refractivity contribution in [1.82, 2.24) is 15.6 Å². The number of hydrogen-bond donors (Lipinski definition) is 4. The van der Waals surface area contributed by atoms with Crippen LogP contribution in [0.25, 0.3) is 10.9 Å². The second-order valence-corrected chi connectivity index (χ2v) is 8.16. The van der Waals surface area contributed by atoms with Gasteiger partial charge in [0.15, 0.2) is 0 Å². The number of carbonyl (C=O) groups is 2. The molecule has 3 aromatic rings. The van der Waals surface area contributed by atoms with E-state index in [1.165, 1.54) is 6.07 Å². The Hall–Kier alpha value is -3.16. The predicted molar refractivity (Wildman–Crippen MR) is 119 cm³/mol. The molecule has 0 radical (unpaired) electrons. The van der Waals surface area contributed by atoms with Gasteiger partial charge < -0.3 is 20.7 Å². The number of H-pyrrole nitrogens is 1. The minimum absolute atomic E-state index is 0.0853. The van der Waals surface area contributed by atoms with Gasteiger partial charge in [0, 0.05) is 17.0 Å². The Morgan fingerprint density at radius 1 is 1.10 bits per heavy atom. The topological polar surface area (TPSA) is 111 Å². The molecule has 1 amide bonds. The molecule has 1 aromatic heterocycles. The third-order valence-corrected chi connectivity index (χ3v) is 6.10. The lowest BCUT2D eigenvalue weighted by atomic mass is 9.72. The first-order valence-electron chi connectivity index (χ1n) is 10.0. The van der Waals surface area contributed by atoms with Crippen LogP contribution in [0.1, 0.15) is 34.3 Å². The van der Waals surface area contributed by atoms with Crippen molar-refractivity contribution in [2.24, 2.45) is 0 Å². The number of nitrogens with one attached hydrogen (secondary N) is 3. The van der Waals surface area contributed by atoms with E-state index in [1.807, 2.05) is 30.3 Å². The fourth-order valence-corrected chi connectivity index (χ4v) is 4.50. The molecule has 0 spiro atoms. The second kappa shape index (κ2) is 8.53. The van der Waals surface area contributed by atoms with Crippen LogP contribution < -0.4 is 16.2 Å². The van der Waals surface area contributed by atoms with Gasteiger partial charge in [0.1, 0.15) is 5.56 Å². The number of hydrogen-bond acceptors (Lipinski definition) is 4. The molecule has 8 heteroatoms. The maximum Gasteiger partial charge on any atom is 0.341 e. The van der Waals surface area contributed by atoms with E-state index in [0.717, 1.165) is 18.7 Å². The monoisotopic (exact) mass is 439 g/mol. The minimum atomic E-state index is -1.31. The van der Waals surface area contributed by atoms with Crippen LogP contribution in [-0.2, 0) is 16.8 Å². The number of aromatic nitrogens is 1. The Labute approximate surface area is 183 Å². The summed E-state index contributed by atoms with van der Waals surface area (Å²) in [4.78, 5) is 39.5. The van der Waals surface area contributed by atoms with E-state index < -0.39 is 16.9 Å². The third kappa shape index (κ3) is 4.06. The standard InChI is InChI=1S/C23H22ClN3O4/c24-17-10-14-12-18(21(29)30)20(28)27-19(14)15(11-17)13-26-22(31)23(6-8-25-9-7-23)16-4-2-1-3-5-16/h1-5,10-12,25H,6-9,13H2,(H,26,31)(H,27,28)(H,29,30). The number of carboxylic acids is 1. The number of aromatic amines is 1. The van der Waals surface area contributed by atoms with E-state index in [1.54, 1.807) is 12.1 Å². The van der Waals surface area contributed by atoms with Crippen molar-refractivity contribution in [2.45, 2.75) is 24.8 Å². The Morgan fingerprint density at radius 2 is 1.81 bits per heavy atom. The van der Waals surface area contributed by atoms with E-state index in [2.05, 4.69) is 15.6 Å². The van der Waals surface area contributed by atoms with Gasteiger partial charge in [0.05, 0.1) is 10.9 Å². The molecule has 31 heavy (non-hydrogen) atoms. The number of carbonyl (C=O) groups excluding carboxylic acids is 1. The van der Waals surface area contributed by atoms with E-state index >= 15 is 0 Å². The molecule has 1 aliphatic rings. The zero-order valence-corrected chi connectivity index (χ0v) is 17.5. The van der Waals surface area contributed by atoms with Gasteiger partial charge in [-0.05, 0) is 55.3 Å². The van der Waals surface area contributed by atoms with Crippen molar-refractivity contribution in [3.05, 3.63) is 80.6 Å². The molecule has 2 heterocycles. The van der Waals surface area contributed by atoms with Gasteiger partial charge in [0.2, 0.25) is 5.91 Å². The molecule has 0 saturated carbocycles. The Balaban J connectivity index is 1.66. The lowest BCUT2D eigenvalue weighted by Gasteiger charge is -2.36. The molecular weight excluding hydrogens is 418 g/mol. The fourth-order valence-electron chi connectivity index (χ4n) is 4.26. The zero-order chi connectivity index (χ0) is 22.0. The number of benzene rings is 2. The summed E-state index contributed by atoms with van der Waals surface area (Å²) in [6.45, 7) is 1.64. The molecule has 0 bridgehead atoms. The normalized spacial score (nSPS) is 15.5. The molecule has 4 N–H and O–H groups in total. The minimum Gasteiger partial charge on any atom is -0.477 e. The van der Waals surface area contributed by atoms with E-state index in [-0.39, 0.29) is 18.0 Å². The average molecular weight is 440 g/mol. The van der Waals surface area contributed by atoms with Crippen LogP contribution in [0, 0.1) is 0 Å². The molecule has 0 atom stereocenters. The first-order chi connectivity index (χ1) is 14.9. The fraction of sp³-hybridized carbons (Fsp3) is 0.261. The molecule has 1 aliphatic heterocycles. The van der Waals surface area contributed by atoms with Gasteiger partial charge >= 0.3 is 5.97 Å². The van der Waals surface area contributed by atoms with Gasteiger partial charge in [-0.2, -0.15) is 0 Å². The van der Waals surface area contributed by atoms with Crippen LogP contribution in [0.2, 0.25) is 5.02 Å². The first-order valence-corrected chi connectivity index (χ1v) is 10.4. The van der Waals surface area contributed by atoms with Crippen LogP contribution in [0.4, 0.5) is 0 Å². The van der Waals surface area contributed by atoms with Crippen molar-refractivity contribution in [3.8, 4) is 0 Å². The lowest BCUT2D eigenvalue weighted by molar-refractivity contribution is -0.128. The number of aromatic carboxylic acids is 1. The van der Waals surface area contributed by atoms with Gasteiger partial charge in [-0.15, -0.1) is 0 Å². The highest BCUT2D eigenvalue weighted by atomic mass is 35.5. The summed E-state index contributed by atoms with van der Waals surface area (Å²) < 4.78 is 0. The van der Waals surface area contributed by atoms with Crippen LogP contribution >= 0.6 is 11.6 Å². The molecule has 0 unspecified atom stereocenters. The summed E-state index contributed by atoms with van der Waals surface area (Å²) >= 11 is 6.22. The number of piperidine rings is 1. The van der Waals surface area contributed by atoms with E-state index in [4.69, 9.17) is 11.6 Å². The van der Waals surface area contributed by atoms with E-state index in [0.29, 0.717) is 34.3 Å². The van der Waals surface area contributed by atoms with Gasteiger partial charge in [0.25, 0.3) is 5.56 Å². The molecular formula is C23H22ClN3O4. The first kappa shape index (κ1) is 21.1. The quantitative estimate of drug-likeness (QED) is 0.488. The molecule has 0 aliphatic carbocycles. The maximum atomic E-state index is 13.4. The van der Waals surface area contributed by atoms with Crippen molar-refractivity contribution in [2.75, 3.05) is 13.1 Å². The Bertz CT molecular complexity index is 1200. The summed E-state index contributed by atoms with van der Waals surface area (Å²) in [5.74, 6) is -1.40. The molecule has 7 nitrogen and oxygen atoms in total. The summed E-state index contributed by atoms with van der Waals surface area (Å²) in [6.07, 6.45) is 1.36. The van der Waals surface area contributed by atoms with Crippen molar-refractivity contribution < 1.29 is 14.7 Å². The molecule has 4 rings (SSSR count). The maximum absolute atomic E-state index is 13.4. The molecule has 160 valence electrons. The number of pyridine rings is 1. The molecule has 1 fully saturated rings. The van der Waals surface area contributed by atoms with Gasteiger partial charge in [-0.3, -0.25) is 9.59 Å². The molecule has 1 saturated heterocycles. The third-order valence-electron chi connectivity index (χ3n) is 5.89. The smallest absolute Gasteiger partial charge is 0.341 e. The van der Waals surface area contributed by atoms with E-state index in [9.17, 15) is 19.5 Å². The summed E-state index contributed by atoms with van der Waals surface area (Å²) in [5, 5.41) is 16.4. The predicted octanol–water partition coefficient (Wildman–Crippen LogP) is 2.82. The SMILES string of the molecule is O=C(O)c1cc2cc(Cl)cc(CNC(=O)C3(c4ccccc4)CCNCC3)c2[nH]c1=O. The highest BCUT2D eigenvalue weighted by Crippen LogP contribution is 2.34. The van der Waals surface area contributed by atoms with Crippen molar-refractivity contribution in [3.63, 3.8) is 0 Å². The van der Waals surface area contributed by atoms with Crippen LogP contribution in [0.3, 0.4) is 0 Å². The van der Waals surface area contributed by atoms with Gasteiger partial charge in [-0.25, -0.2) is 4.79 Å². The Kier molecular flexibility index (Phi) is 5.80. The summed E-state index contributed by atoms with van der Waals surface area (Å²) in [6, 6.07) is 14.3. The summed E-state index contributed by atoms with van der Waals surface area (Å²) in [7, 11) is 0. The highest BCUT2D eigenvalue weighted by molar-refractivity contribution is 6.31. The average Bonchev–Trinajstić information content (AvgIpc) is 2.78. The van der Waals surface area contributed by atoms with Crippen molar-refractivity contribution in [1.29, 1.82) is 0 Å². The number of rotatable bonds is 5. The second-order valence-electron chi connectivity index (χ2n) is 7.73. The number of amides is 1. The largest absolute Gasteiger partial charge is 0.477 e. The lowest BCUT2D eigenvalue weighted by Crippen LogP contribution is -2.50.